The molecule has 2 aromatic rings. The number of aliphatic hydroxyl groups is 1. The molecule has 5 heteroatoms. The van der Waals surface area contributed by atoms with E-state index in [9.17, 15) is 4.79 Å². The fourth-order valence-corrected chi connectivity index (χ4v) is 1.75. The molecular weight excluding hydrogens is 254 g/mol. The first-order valence-electron chi connectivity index (χ1n) is 6.11. The Labute approximate surface area is 117 Å². The van der Waals surface area contributed by atoms with Crippen LogP contribution in [0.2, 0.25) is 0 Å². The van der Waals surface area contributed by atoms with Gasteiger partial charge >= 0.3 is 0 Å². The zero-order chi connectivity index (χ0) is 14.5. The molecule has 102 valence electrons. The second kappa shape index (κ2) is 6.04. The van der Waals surface area contributed by atoms with Crippen LogP contribution in [0.15, 0.2) is 30.5 Å². The van der Waals surface area contributed by atoms with Crippen molar-refractivity contribution in [3.05, 3.63) is 47.3 Å². The standard InChI is InChI=1S/C15H15N3O2/c1-11-10-13(6-5-12(11)4-3-9-19)16-15(20)14-7-8-18(2)17-14/h5-8,10,19H,9H2,1-2H3,(H,16,20). The highest BCUT2D eigenvalue weighted by atomic mass is 16.2. The minimum atomic E-state index is -0.251. The summed E-state index contributed by atoms with van der Waals surface area (Å²) in [6.07, 6.45) is 1.72. The van der Waals surface area contributed by atoms with E-state index in [1.807, 2.05) is 19.1 Å². The van der Waals surface area contributed by atoms with Crippen LogP contribution in [0.3, 0.4) is 0 Å². The Morgan fingerprint density at radius 1 is 1.45 bits per heavy atom. The molecule has 1 aromatic heterocycles. The van der Waals surface area contributed by atoms with Gasteiger partial charge in [0.15, 0.2) is 5.69 Å². The number of hydrogen-bond acceptors (Lipinski definition) is 3. The molecule has 0 bridgehead atoms. The molecule has 20 heavy (non-hydrogen) atoms. The molecule has 0 unspecified atom stereocenters. The van der Waals surface area contributed by atoms with Gasteiger partial charge in [-0.05, 0) is 36.8 Å². The van der Waals surface area contributed by atoms with Gasteiger partial charge in [0.05, 0.1) is 0 Å². The first-order valence-corrected chi connectivity index (χ1v) is 6.11. The van der Waals surface area contributed by atoms with Crippen LogP contribution >= 0.6 is 0 Å². The zero-order valence-corrected chi connectivity index (χ0v) is 11.3. The molecule has 0 spiro atoms. The molecule has 0 aliphatic carbocycles. The van der Waals surface area contributed by atoms with E-state index in [4.69, 9.17) is 5.11 Å². The molecule has 0 saturated carbocycles. The highest BCUT2D eigenvalue weighted by Crippen LogP contribution is 2.15. The number of aryl methyl sites for hydroxylation is 2. The summed E-state index contributed by atoms with van der Waals surface area (Å²) in [6, 6.07) is 7.08. The topological polar surface area (TPSA) is 67.2 Å². The molecule has 2 N–H and O–H groups in total. The van der Waals surface area contributed by atoms with Crippen molar-refractivity contribution in [2.75, 3.05) is 11.9 Å². The molecular formula is C15H15N3O2. The largest absolute Gasteiger partial charge is 0.384 e. The van der Waals surface area contributed by atoms with Crippen molar-refractivity contribution < 1.29 is 9.90 Å². The van der Waals surface area contributed by atoms with Gasteiger partial charge in [-0.1, -0.05) is 11.8 Å². The van der Waals surface area contributed by atoms with Crippen LogP contribution in [0.5, 0.6) is 0 Å². The summed E-state index contributed by atoms with van der Waals surface area (Å²) >= 11 is 0. The summed E-state index contributed by atoms with van der Waals surface area (Å²) in [5.74, 6) is 5.20. The number of benzene rings is 1. The van der Waals surface area contributed by atoms with Crippen LogP contribution in [0.1, 0.15) is 21.6 Å². The second-order valence-corrected chi connectivity index (χ2v) is 4.32. The van der Waals surface area contributed by atoms with Crippen LogP contribution in [0.25, 0.3) is 0 Å². The molecule has 0 aliphatic heterocycles. The lowest BCUT2D eigenvalue weighted by atomic mass is 10.1. The number of nitrogens with zero attached hydrogens (tertiary/aromatic N) is 2. The molecule has 0 radical (unpaired) electrons. The Morgan fingerprint density at radius 2 is 2.25 bits per heavy atom. The number of aliphatic hydroxyl groups excluding tert-OH is 1. The highest BCUT2D eigenvalue weighted by Gasteiger charge is 2.09. The summed E-state index contributed by atoms with van der Waals surface area (Å²) in [5, 5.41) is 15.5. The SMILES string of the molecule is Cc1cc(NC(=O)c2ccn(C)n2)ccc1C#CCO. The first kappa shape index (κ1) is 13.8. The Kier molecular flexibility index (Phi) is 4.18. The maximum Gasteiger partial charge on any atom is 0.276 e. The first-order chi connectivity index (χ1) is 9.60. The number of hydrogen-bond donors (Lipinski definition) is 2. The molecule has 2 rings (SSSR count). The molecule has 0 fully saturated rings. The average molecular weight is 269 g/mol. The maximum atomic E-state index is 11.9. The lowest BCUT2D eigenvalue weighted by Gasteiger charge is -2.05. The highest BCUT2D eigenvalue weighted by molar-refractivity contribution is 6.02. The van der Waals surface area contributed by atoms with Gasteiger partial charge in [0.25, 0.3) is 5.91 Å². The fourth-order valence-electron chi connectivity index (χ4n) is 1.75. The van der Waals surface area contributed by atoms with Crippen LogP contribution in [-0.2, 0) is 7.05 Å². The van der Waals surface area contributed by atoms with Gasteiger partial charge in [0, 0.05) is 24.5 Å². The van der Waals surface area contributed by atoms with Crippen LogP contribution < -0.4 is 5.32 Å². The minimum Gasteiger partial charge on any atom is -0.384 e. The minimum absolute atomic E-state index is 0.169. The summed E-state index contributed by atoms with van der Waals surface area (Å²) in [4.78, 5) is 11.9. The van der Waals surface area contributed by atoms with E-state index < -0.39 is 0 Å². The smallest absolute Gasteiger partial charge is 0.276 e. The third kappa shape index (κ3) is 3.25. The molecule has 1 heterocycles. The quantitative estimate of drug-likeness (QED) is 0.808. The molecule has 0 aliphatic rings. The lowest BCUT2D eigenvalue weighted by molar-refractivity contribution is 0.102. The predicted molar refractivity (Wildman–Crippen MR) is 76.3 cm³/mol. The predicted octanol–water partition coefficient (Wildman–Crippen LogP) is 1.32. The number of anilines is 1. The number of carbonyl (C=O) groups excluding carboxylic acids is 1. The van der Waals surface area contributed by atoms with Gasteiger partial charge in [-0.2, -0.15) is 5.10 Å². The Bertz CT molecular complexity index is 693. The van der Waals surface area contributed by atoms with Crippen LogP contribution in [-0.4, -0.2) is 27.4 Å². The van der Waals surface area contributed by atoms with Crippen molar-refractivity contribution in [2.45, 2.75) is 6.92 Å². The van der Waals surface area contributed by atoms with E-state index in [0.29, 0.717) is 11.4 Å². The summed E-state index contributed by atoms with van der Waals surface area (Å²) < 4.78 is 1.58. The normalized spacial score (nSPS) is 9.75. The molecule has 1 aromatic carbocycles. The van der Waals surface area contributed by atoms with Crippen LogP contribution in [0, 0.1) is 18.8 Å². The number of rotatable bonds is 2. The zero-order valence-electron chi connectivity index (χ0n) is 11.3. The number of aromatic nitrogens is 2. The van der Waals surface area contributed by atoms with Crippen molar-refractivity contribution in [3.63, 3.8) is 0 Å². The van der Waals surface area contributed by atoms with Gasteiger partial charge in [0.1, 0.15) is 6.61 Å². The van der Waals surface area contributed by atoms with E-state index >= 15 is 0 Å². The Hall–Kier alpha value is -2.58. The Balaban J connectivity index is 2.14. The average Bonchev–Trinajstić information content (AvgIpc) is 2.85. The van der Waals surface area contributed by atoms with Gasteiger partial charge in [-0.25, -0.2) is 0 Å². The number of nitrogens with one attached hydrogen (secondary N) is 1. The van der Waals surface area contributed by atoms with Crippen molar-refractivity contribution in [2.24, 2.45) is 7.05 Å². The maximum absolute atomic E-state index is 11.9. The van der Waals surface area contributed by atoms with Gasteiger partial charge in [0.2, 0.25) is 0 Å². The monoisotopic (exact) mass is 269 g/mol. The van der Waals surface area contributed by atoms with E-state index in [0.717, 1.165) is 11.1 Å². The van der Waals surface area contributed by atoms with E-state index in [2.05, 4.69) is 22.3 Å². The van der Waals surface area contributed by atoms with Crippen molar-refractivity contribution in [1.82, 2.24) is 9.78 Å². The summed E-state index contributed by atoms with van der Waals surface area (Å²) in [6.45, 7) is 1.73. The fraction of sp³-hybridized carbons (Fsp3) is 0.200. The van der Waals surface area contributed by atoms with Crippen LogP contribution in [0.4, 0.5) is 5.69 Å². The number of amides is 1. The second-order valence-electron chi connectivity index (χ2n) is 4.32. The molecule has 1 amide bonds. The molecule has 0 atom stereocenters. The lowest BCUT2D eigenvalue weighted by Crippen LogP contribution is -2.13. The summed E-state index contributed by atoms with van der Waals surface area (Å²) in [7, 11) is 1.76. The van der Waals surface area contributed by atoms with Gasteiger partial charge in [-0.3, -0.25) is 9.48 Å². The van der Waals surface area contributed by atoms with Crippen molar-refractivity contribution in [3.8, 4) is 11.8 Å². The van der Waals surface area contributed by atoms with E-state index in [1.54, 1.807) is 30.1 Å². The Morgan fingerprint density at radius 3 is 2.85 bits per heavy atom. The molecule has 5 nitrogen and oxygen atoms in total. The number of carbonyl (C=O) groups is 1. The van der Waals surface area contributed by atoms with Crippen molar-refractivity contribution >= 4 is 11.6 Å². The molecule has 0 saturated heterocycles. The van der Waals surface area contributed by atoms with E-state index in [1.165, 1.54) is 0 Å². The third-order valence-electron chi connectivity index (χ3n) is 2.73. The van der Waals surface area contributed by atoms with E-state index in [-0.39, 0.29) is 12.5 Å². The van der Waals surface area contributed by atoms with Gasteiger partial charge < -0.3 is 10.4 Å². The summed E-state index contributed by atoms with van der Waals surface area (Å²) in [5.41, 5.74) is 2.82. The van der Waals surface area contributed by atoms with Crippen molar-refractivity contribution in [1.29, 1.82) is 0 Å². The third-order valence-corrected chi connectivity index (χ3v) is 2.73. The van der Waals surface area contributed by atoms with Gasteiger partial charge in [-0.15, -0.1) is 0 Å².